The standard InChI is InChI=1S/C13H16N2S/c1-10-4-2-3-5-11(10)8-12-9-16-13(15-12)6-7-14/h2-5,9H,6-8,14H2,1H3. The Morgan fingerprint density at radius 2 is 2.12 bits per heavy atom. The van der Waals surface area contributed by atoms with Gasteiger partial charge in [-0.05, 0) is 24.6 Å². The van der Waals surface area contributed by atoms with E-state index in [2.05, 4.69) is 41.6 Å². The number of benzene rings is 1. The van der Waals surface area contributed by atoms with E-state index in [4.69, 9.17) is 5.73 Å². The van der Waals surface area contributed by atoms with E-state index in [0.717, 1.165) is 23.5 Å². The van der Waals surface area contributed by atoms with Gasteiger partial charge in [-0.2, -0.15) is 0 Å². The van der Waals surface area contributed by atoms with Crippen molar-refractivity contribution in [2.75, 3.05) is 6.54 Å². The van der Waals surface area contributed by atoms with Crippen LogP contribution in [0.3, 0.4) is 0 Å². The monoisotopic (exact) mass is 232 g/mol. The first-order chi connectivity index (χ1) is 7.79. The number of aromatic nitrogens is 1. The summed E-state index contributed by atoms with van der Waals surface area (Å²) in [7, 11) is 0. The fourth-order valence-electron chi connectivity index (χ4n) is 1.67. The molecule has 0 saturated heterocycles. The highest BCUT2D eigenvalue weighted by Crippen LogP contribution is 2.16. The van der Waals surface area contributed by atoms with Gasteiger partial charge in [0, 0.05) is 18.2 Å². The van der Waals surface area contributed by atoms with Crippen molar-refractivity contribution >= 4 is 11.3 Å². The first-order valence-electron chi connectivity index (χ1n) is 5.47. The Balaban J connectivity index is 2.11. The number of hydrogen-bond acceptors (Lipinski definition) is 3. The molecule has 2 rings (SSSR count). The second-order valence-corrected chi connectivity index (χ2v) is 4.82. The van der Waals surface area contributed by atoms with Crippen LogP contribution in [0.5, 0.6) is 0 Å². The molecule has 0 spiro atoms. The number of hydrogen-bond donors (Lipinski definition) is 1. The van der Waals surface area contributed by atoms with E-state index in [0.29, 0.717) is 6.54 Å². The summed E-state index contributed by atoms with van der Waals surface area (Å²) in [6.45, 7) is 2.82. The van der Waals surface area contributed by atoms with Gasteiger partial charge in [0.15, 0.2) is 0 Å². The van der Waals surface area contributed by atoms with Crippen molar-refractivity contribution < 1.29 is 0 Å². The first kappa shape index (κ1) is 11.3. The SMILES string of the molecule is Cc1ccccc1Cc1csc(CCN)n1. The van der Waals surface area contributed by atoms with Crippen LogP contribution in [0.2, 0.25) is 0 Å². The molecule has 0 bridgehead atoms. The van der Waals surface area contributed by atoms with Gasteiger partial charge in [0.2, 0.25) is 0 Å². The molecule has 0 fully saturated rings. The molecule has 0 amide bonds. The summed E-state index contributed by atoms with van der Waals surface area (Å²) in [5, 5.41) is 3.28. The molecule has 1 aromatic carbocycles. The summed E-state index contributed by atoms with van der Waals surface area (Å²) >= 11 is 1.71. The highest BCUT2D eigenvalue weighted by atomic mass is 32.1. The predicted molar refractivity (Wildman–Crippen MR) is 68.9 cm³/mol. The average Bonchev–Trinajstić information content (AvgIpc) is 2.70. The van der Waals surface area contributed by atoms with E-state index in [9.17, 15) is 0 Å². The van der Waals surface area contributed by atoms with Gasteiger partial charge in [-0.25, -0.2) is 4.98 Å². The zero-order chi connectivity index (χ0) is 11.4. The molecule has 0 aliphatic heterocycles. The number of thiazole rings is 1. The van der Waals surface area contributed by atoms with Gasteiger partial charge in [0.1, 0.15) is 0 Å². The molecule has 84 valence electrons. The van der Waals surface area contributed by atoms with Crippen molar-refractivity contribution in [2.24, 2.45) is 5.73 Å². The number of nitrogens with two attached hydrogens (primary N) is 1. The molecule has 0 atom stereocenters. The fourth-order valence-corrected chi connectivity index (χ4v) is 2.49. The maximum atomic E-state index is 5.51. The van der Waals surface area contributed by atoms with E-state index < -0.39 is 0 Å². The van der Waals surface area contributed by atoms with Crippen LogP contribution in [0.1, 0.15) is 21.8 Å². The Kier molecular flexibility index (Phi) is 3.70. The number of nitrogens with zero attached hydrogens (tertiary/aromatic N) is 1. The largest absolute Gasteiger partial charge is 0.330 e. The Morgan fingerprint density at radius 1 is 1.31 bits per heavy atom. The van der Waals surface area contributed by atoms with Gasteiger partial charge in [-0.15, -0.1) is 11.3 Å². The Labute approximate surface area is 100 Å². The van der Waals surface area contributed by atoms with Crippen molar-refractivity contribution in [1.82, 2.24) is 4.98 Å². The summed E-state index contributed by atoms with van der Waals surface area (Å²) in [5.41, 5.74) is 9.35. The van der Waals surface area contributed by atoms with Crippen molar-refractivity contribution in [2.45, 2.75) is 19.8 Å². The van der Waals surface area contributed by atoms with Crippen LogP contribution in [-0.4, -0.2) is 11.5 Å². The van der Waals surface area contributed by atoms with Crippen molar-refractivity contribution in [3.05, 3.63) is 51.5 Å². The van der Waals surface area contributed by atoms with Crippen LogP contribution in [0.15, 0.2) is 29.6 Å². The molecule has 0 saturated carbocycles. The third-order valence-corrected chi connectivity index (χ3v) is 3.55. The van der Waals surface area contributed by atoms with Gasteiger partial charge in [0.05, 0.1) is 10.7 Å². The molecule has 2 N–H and O–H groups in total. The zero-order valence-corrected chi connectivity index (χ0v) is 10.3. The van der Waals surface area contributed by atoms with Crippen LogP contribution >= 0.6 is 11.3 Å². The van der Waals surface area contributed by atoms with Crippen molar-refractivity contribution in [1.29, 1.82) is 0 Å². The van der Waals surface area contributed by atoms with Gasteiger partial charge in [-0.1, -0.05) is 24.3 Å². The first-order valence-corrected chi connectivity index (χ1v) is 6.35. The molecular formula is C13H16N2S. The van der Waals surface area contributed by atoms with Crippen molar-refractivity contribution in [3.8, 4) is 0 Å². The molecule has 2 nitrogen and oxygen atoms in total. The lowest BCUT2D eigenvalue weighted by Crippen LogP contribution is -2.02. The van der Waals surface area contributed by atoms with E-state index in [1.165, 1.54) is 11.1 Å². The van der Waals surface area contributed by atoms with Crippen LogP contribution < -0.4 is 5.73 Å². The van der Waals surface area contributed by atoms with E-state index in [1.807, 2.05) is 0 Å². The second-order valence-electron chi connectivity index (χ2n) is 3.87. The summed E-state index contributed by atoms with van der Waals surface area (Å²) in [6, 6.07) is 8.45. The summed E-state index contributed by atoms with van der Waals surface area (Å²) in [6.07, 6.45) is 1.81. The lowest BCUT2D eigenvalue weighted by atomic mass is 10.0. The van der Waals surface area contributed by atoms with E-state index in [-0.39, 0.29) is 0 Å². The minimum absolute atomic E-state index is 0.678. The summed E-state index contributed by atoms with van der Waals surface area (Å²) in [5.74, 6) is 0. The summed E-state index contributed by atoms with van der Waals surface area (Å²) in [4.78, 5) is 4.57. The fraction of sp³-hybridized carbons (Fsp3) is 0.308. The highest BCUT2D eigenvalue weighted by Gasteiger charge is 2.04. The second kappa shape index (κ2) is 5.23. The van der Waals surface area contributed by atoms with Gasteiger partial charge in [-0.3, -0.25) is 0 Å². The Morgan fingerprint density at radius 3 is 2.88 bits per heavy atom. The zero-order valence-electron chi connectivity index (χ0n) is 9.44. The minimum atomic E-state index is 0.678. The van der Waals surface area contributed by atoms with Crippen LogP contribution in [0.25, 0.3) is 0 Å². The number of rotatable bonds is 4. The maximum Gasteiger partial charge on any atom is 0.0940 e. The molecule has 2 aromatic rings. The molecule has 1 heterocycles. The van der Waals surface area contributed by atoms with Crippen LogP contribution in [0.4, 0.5) is 0 Å². The molecule has 1 aromatic heterocycles. The quantitative estimate of drug-likeness (QED) is 0.880. The van der Waals surface area contributed by atoms with Crippen molar-refractivity contribution in [3.63, 3.8) is 0 Å². The van der Waals surface area contributed by atoms with Crippen LogP contribution in [0, 0.1) is 6.92 Å². The molecule has 0 unspecified atom stereocenters. The topological polar surface area (TPSA) is 38.9 Å². The van der Waals surface area contributed by atoms with Gasteiger partial charge >= 0.3 is 0 Å². The van der Waals surface area contributed by atoms with Gasteiger partial charge < -0.3 is 5.73 Å². The molecule has 0 aliphatic carbocycles. The third-order valence-electron chi connectivity index (χ3n) is 2.59. The third kappa shape index (κ3) is 2.68. The normalized spacial score (nSPS) is 10.6. The maximum absolute atomic E-state index is 5.51. The number of aryl methyl sites for hydroxylation is 1. The highest BCUT2D eigenvalue weighted by molar-refractivity contribution is 7.09. The minimum Gasteiger partial charge on any atom is -0.330 e. The van der Waals surface area contributed by atoms with Crippen LogP contribution in [-0.2, 0) is 12.8 Å². The smallest absolute Gasteiger partial charge is 0.0940 e. The molecule has 16 heavy (non-hydrogen) atoms. The summed E-state index contributed by atoms with van der Waals surface area (Å²) < 4.78 is 0. The van der Waals surface area contributed by atoms with Gasteiger partial charge in [0.25, 0.3) is 0 Å². The predicted octanol–water partition coefficient (Wildman–Crippen LogP) is 2.54. The Bertz CT molecular complexity index is 462. The molecule has 0 aliphatic rings. The lowest BCUT2D eigenvalue weighted by Gasteiger charge is -2.02. The molecule has 0 radical (unpaired) electrons. The Hall–Kier alpha value is -1.19. The molecular weight excluding hydrogens is 216 g/mol. The lowest BCUT2D eigenvalue weighted by molar-refractivity contribution is 0.935. The van der Waals surface area contributed by atoms with E-state index >= 15 is 0 Å². The molecule has 3 heteroatoms. The van der Waals surface area contributed by atoms with E-state index in [1.54, 1.807) is 11.3 Å². The average molecular weight is 232 g/mol.